The molecule has 0 radical (unpaired) electrons. The Balaban J connectivity index is 1.79. The van der Waals surface area contributed by atoms with Crippen LogP contribution in [0.25, 0.3) is 0 Å². The number of halogens is 1. The summed E-state index contributed by atoms with van der Waals surface area (Å²) in [7, 11) is 0. The van der Waals surface area contributed by atoms with E-state index in [1.54, 1.807) is 0 Å². The van der Waals surface area contributed by atoms with E-state index in [1.165, 1.54) is 28.6 Å². The first-order valence-electron chi connectivity index (χ1n) is 5.22. The molecule has 1 atom stereocenters. The summed E-state index contributed by atoms with van der Waals surface area (Å²) >= 11 is 5.37. The summed E-state index contributed by atoms with van der Waals surface area (Å²) in [5, 5.41) is 5.74. The minimum atomic E-state index is 0.678. The van der Waals surface area contributed by atoms with Gasteiger partial charge < -0.3 is 5.32 Å². The number of hydrogen-bond acceptors (Lipinski definition) is 2. The molecular formula is C11H16BrNS. The van der Waals surface area contributed by atoms with Crippen LogP contribution in [0.1, 0.15) is 31.1 Å². The molecule has 1 unspecified atom stereocenters. The van der Waals surface area contributed by atoms with E-state index < -0.39 is 0 Å². The van der Waals surface area contributed by atoms with Gasteiger partial charge in [0.25, 0.3) is 0 Å². The first-order chi connectivity index (χ1) is 6.77. The minimum absolute atomic E-state index is 0.678. The second kappa shape index (κ2) is 4.77. The Morgan fingerprint density at radius 1 is 1.64 bits per heavy atom. The predicted octanol–water partition coefficient (Wildman–Crippen LogP) is 3.79. The Hall–Kier alpha value is 0.140. The highest BCUT2D eigenvalue weighted by Crippen LogP contribution is 2.30. The standard InChI is InChI=1S/C11H16BrNS/c1-8(9-3-2-4-9)13-7-11-10(12)5-6-14-11/h5-6,8-9,13H,2-4,7H2,1H3. The van der Waals surface area contributed by atoms with Gasteiger partial charge in [-0.3, -0.25) is 0 Å². The van der Waals surface area contributed by atoms with Crippen LogP contribution in [0.5, 0.6) is 0 Å². The Morgan fingerprint density at radius 3 is 2.93 bits per heavy atom. The van der Waals surface area contributed by atoms with E-state index >= 15 is 0 Å². The Kier molecular flexibility index (Phi) is 3.63. The summed E-state index contributed by atoms with van der Waals surface area (Å²) < 4.78 is 1.25. The topological polar surface area (TPSA) is 12.0 Å². The molecule has 0 aliphatic heterocycles. The molecule has 0 aromatic carbocycles. The maximum Gasteiger partial charge on any atom is 0.0327 e. The average molecular weight is 274 g/mol. The van der Waals surface area contributed by atoms with Crippen molar-refractivity contribution in [1.29, 1.82) is 0 Å². The van der Waals surface area contributed by atoms with E-state index in [0.29, 0.717) is 6.04 Å². The van der Waals surface area contributed by atoms with Gasteiger partial charge in [0.15, 0.2) is 0 Å². The van der Waals surface area contributed by atoms with E-state index in [0.717, 1.165) is 12.5 Å². The fourth-order valence-corrected chi connectivity index (χ4v) is 3.25. The number of rotatable bonds is 4. The second-order valence-corrected chi connectivity index (χ2v) is 5.91. The van der Waals surface area contributed by atoms with E-state index in [2.05, 4.69) is 39.6 Å². The van der Waals surface area contributed by atoms with E-state index in [9.17, 15) is 0 Å². The number of nitrogens with one attached hydrogen (secondary N) is 1. The maximum atomic E-state index is 3.61. The van der Waals surface area contributed by atoms with Gasteiger partial charge in [0.1, 0.15) is 0 Å². The molecule has 1 aromatic rings. The van der Waals surface area contributed by atoms with Gasteiger partial charge in [-0.2, -0.15) is 0 Å². The molecule has 1 saturated carbocycles. The van der Waals surface area contributed by atoms with Crippen LogP contribution >= 0.6 is 27.3 Å². The molecular weight excluding hydrogens is 258 g/mol. The first kappa shape index (κ1) is 10.7. The molecule has 0 amide bonds. The van der Waals surface area contributed by atoms with Gasteiger partial charge in [0.05, 0.1) is 0 Å². The lowest BCUT2D eigenvalue weighted by Gasteiger charge is -2.32. The van der Waals surface area contributed by atoms with Crippen LogP contribution in [0, 0.1) is 5.92 Å². The molecule has 1 fully saturated rings. The molecule has 0 spiro atoms. The van der Waals surface area contributed by atoms with Crippen molar-refractivity contribution >= 4 is 27.3 Å². The minimum Gasteiger partial charge on any atom is -0.309 e. The summed E-state index contributed by atoms with van der Waals surface area (Å²) in [6.45, 7) is 3.32. The van der Waals surface area contributed by atoms with Crippen LogP contribution in [0.3, 0.4) is 0 Å². The molecule has 14 heavy (non-hydrogen) atoms. The zero-order valence-corrected chi connectivity index (χ0v) is 10.8. The summed E-state index contributed by atoms with van der Waals surface area (Å²) in [5.41, 5.74) is 0. The van der Waals surface area contributed by atoms with Gasteiger partial charge in [-0.15, -0.1) is 11.3 Å². The lowest BCUT2D eigenvalue weighted by molar-refractivity contribution is 0.240. The molecule has 3 heteroatoms. The zero-order valence-electron chi connectivity index (χ0n) is 8.42. The molecule has 0 bridgehead atoms. The maximum absolute atomic E-state index is 3.61. The number of thiophene rings is 1. The summed E-state index contributed by atoms with van der Waals surface area (Å²) in [6.07, 6.45) is 4.26. The Morgan fingerprint density at radius 2 is 2.43 bits per heavy atom. The van der Waals surface area contributed by atoms with E-state index in [-0.39, 0.29) is 0 Å². The van der Waals surface area contributed by atoms with E-state index in [1.807, 2.05) is 11.3 Å². The van der Waals surface area contributed by atoms with Crippen molar-refractivity contribution in [2.45, 2.75) is 38.8 Å². The highest BCUT2D eigenvalue weighted by atomic mass is 79.9. The van der Waals surface area contributed by atoms with Crippen LogP contribution < -0.4 is 5.32 Å². The lowest BCUT2D eigenvalue weighted by atomic mass is 9.80. The fourth-order valence-electron chi connectivity index (χ4n) is 1.81. The Bertz CT molecular complexity index is 293. The van der Waals surface area contributed by atoms with Crippen molar-refractivity contribution < 1.29 is 0 Å². The molecule has 1 aromatic heterocycles. The summed E-state index contributed by atoms with van der Waals surface area (Å²) in [5.74, 6) is 0.925. The van der Waals surface area contributed by atoms with Crippen LogP contribution in [-0.2, 0) is 6.54 Å². The molecule has 1 N–H and O–H groups in total. The van der Waals surface area contributed by atoms with Crippen LogP contribution in [0.2, 0.25) is 0 Å². The second-order valence-electron chi connectivity index (χ2n) is 4.05. The predicted molar refractivity (Wildman–Crippen MR) is 65.7 cm³/mol. The van der Waals surface area contributed by atoms with Gasteiger partial charge in [-0.1, -0.05) is 6.42 Å². The smallest absolute Gasteiger partial charge is 0.0327 e. The molecule has 0 saturated heterocycles. The highest BCUT2D eigenvalue weighted by molar-refractivity contribution is 9.10. The first-order valence-corrected chi connectivity index (χ1v) is 6.90. The van der Waals surface area contributed by atoms with Gasteiger partial charge in [0.2, 0.25) is 0 Å². The van der Waals surface area contributed by atoms with Crippen molar-refractivity contribution in [2.75, 3.05) is 0 Å². The van der Waals surface area contributed by atoms with Crippen molar-refractivity contribution in [3.05, 3.63) is 20.8 Å². The van der Waals surface area contributed by atoms with Crippen molar-refractivity contribution in [1.82, 2.24) is 5.32 Å². The van der Waals surface area contributed by atoms with Crippen LogP contribution in [0.4, 0.5) is 0 Å². The lowest BCUT2D eigenvalue weighted by Crippen LogP contribution is -2.36. The van der Waals surface area contributed by atoms with Crippen molar-refractivity contribution in [2.24, 2.45) is 5.92 Å². The zero-order chi connectivity index (χ0) is 9.97. The van der Waals surface area contributed by atoms with E-state index in [4.69, 9.17) is 0 Å². The fraction of sp³-hybridized carbons (Fsp3) is 0.636. The number of hydrogen-bond donors (Lipinski definition) is 1. The summed E-state index contributed by atoms with van der Waals surface area (Å²) in [6, 6.07) is 2.80. The molecule has 1 nitrogen and oxygen atoms in total. The quantitative estimate of drug-likeness (QED) is 0.880. The summed E-state index contributed by atoms with van der Waals surface area (Å²) in [4.78, 5) is 1.41. The van der Waals surface area contributed by atoms with Crippen molar-refractivity contribution in [3.63, 3.8) is 0 Å². The largest absolute Gasteiger partial charge is 0.309 e. The molecule has 1 aliphatic carbocycles. The van der Waals surface area contributed by atoms with Gasteiger partial charge in [-0.05, 0) is 53.1 Å². The van der Waals surface area contributed by atoms with Gasteiger partial charge in [-0.25, -0.2) is 0 Å². The highest BCUT2D eigenvalue weighted by Gasteiger charge is 2.23. The van der Waals surface area contributed by atoms with Gasteiger partial charge in [0, 0.05) is 21.9 Å². The van der Waals surface area contributed by atoms with Crippen molar-refractivity contribution in [3.8, 4) is 0 Å². The third-order valence-corrected chi connectivity index (χ3v) is 5.06. The average Bonchev–Trinajstić information content (AvgIpc) is 2.44. The third-order valence-electron chi connectivity index (χ3n) is 3.13. The SMILES string of the molecule is CC(NCc1sccc1Br)C1CCC1. The monoisotopic (exact) mass is 273 g/mol. The molecule has 1 aliphatic rings. The molecule has 1 heterocycles. The normalized spacial score (nSPS) is 19.3. The third kappa shape index (κ3) is 2.38. The van der Waals surface area contributed by atoms with Gasteiger partial charge >= 0.3 is 0 Å². The molecule has 78 valence electrons. The van der Waals surface area contributed by atoms with Crippen LogP contribution in [-0.4, -0.2) is 6.04 Å². The molecule has 2 rings (SSSR count). The van der Waals surface area contributed by atoms with Crippen LogP contribution in [0.15, 0.2) is 15.9 Å². The Labute approximate surface area is 98.0 Å².